The summed E-state index contributed by atoms with van der Waals surface area (Å²) in [6.45, 7) is 4.00. The number of hydrogen-bond donors (Lipinski definition) is 3. The van der Waals surface area contributed by atoms with Crippen molar-refractivity contribution in [2.24, 2.45) is 5.92 Å². The van der Waals surface area contributed by atoms with Crippen LogP contribution in [0.15, 0.2) is 42.5 Å². The van der Waals surface area contributed by atoms with Crippen LogP contribution in [0, 0.1) is 12.8 Å². The summed E-state index contributed by atoms with van der Waals surface area (Å²) in [5.74, 6) is -0.357. The fraction of sp³-hybridized carbons (Fsp3) is 0.364. The lowest BCUT2D eigenvalue weighted by molar-refractivity contribution is -0.141. The van der Waals surface area contributed by atoms with Crippen molar-refractivity contribution in [1.82, 2.24) is 0 Å². The van der Waals surface area contributed by atoms with Gasteiger partial charge in [0.1, 0.15) is 6.10 Å². The Labute approximate surface area is 181 Å². The van der Waals surface area contributed by atoms with Crippen LogP contribution in [-0.2, 0) is 14.3 Å². The molecule has 30 heavy (non-hydrogen) atoms. The number of phenols is 1. The Kier molecular flexibility index (Phi) is 8.86. The van der Waals surface area contributed by atoms with Crippen molar-refractivity contribution in [2.45, 2.75) is 26.4 Å². The van der Waals surface area contributed by atoms with Crippen LogP contribution in [-0.4, -0.2) is 36.6 Å². The lowest BCUT2D eigenvalue weighted by atomic mass is 9.94. The first kappa shape index (κ1) is 23.4. The Hall–Kier alpha value is -2.87. The summed E-state index contributed by atoms with van der Waals surface area (Å²) < 4.78 is 15.8. The molecule has 0 aliphatic rings. The molecule has 0 spiro atoms. The molecule has 0 unspecified atom stereocenters. The molecule has 2 rings (SSSR count). The molecule has 0 aromatic heterocycles. The summed E-state index contributed by atoms with van der Waals surface area (Å²) in [6.07, 6.45) is -0.852. The van der Waals surface area contributed by atoms with Gasteiger partial charge in [-0.2, -0.15) is 12.6 Å². The predicted molar refractivity (Wildman–Crippen MR) is 117 cm³/mol. The second-order valence-corrected chi connectivity index (χ2v) is 7.21. The molecule has 1 amide bonds. The number of carbonyl (C=O) groups excluding carboxylic acids is 2. The molecule has 0 fully saturated rings. The molecule has 2 atom stereocenters. The molecule has 0 saturated carbocycles. The fourth-order valence-electron chi connectivity index (χ4n) is 2.85. The number of thiol groups is 1. The number of nitrogens with one attached hydrogen (secondary N) is 1. The molecule has 0 aliphatic carbocycles. The van der Waals surface area contributed by atoms with E-state index in [1.165, 1.54) is 13.2 Å². The minimum absolute atomic E-state index is 0.000379. The maximum atomic E-state index is 12.5. The van der Waals surface area contributed by atoms with E-state index >= 15 is 0 Å². The number of aromatic hydroxyl groups is 1. The Morgan fingerprint density at radius 2 is 1.87 bits per heavy atom. The minimum Gasteiger partial charge on any atom is -0.504 e. The van der Waals surface area contributed by atoms with E-state index in [9.17, 15) is 14.7 Å². The molecule has 2 N–H and O–H groups in total. The molecule has 162 valence electrons. The quantitative estimate of drug-likeness (QED) is 0.398. The number of ether oxygens (including phenoxy) is 3. The topological polar surface area (TPSA) is 94.1 Å². The van der Waals surface area contributed by atoms with Crippen LogP contribution in [0.25, 0.3) is 0 Å². The normalized spacial score (nSPS) is 12.5. The molecule has 7 nitrogen and oxygen atoms in total. The minimum atomic E-state index is -0.679. The number of anilines is 1. The molecule has 0 bridgehead atoms. The summed E-state index contributed by atoms with van der Waals surface area (Å²) in [6, 6.07) is 12.2. The number of aryl methyl sites for hydroxylation is 1. The van der Waals surface area contributed by atoms with E-state index in [4.69, 9.17) is 14.2 Å². The van der Waals surface area contributed by atoms with Crippen LogP contribution in [0.4, 0.5) is 10.5 Å². The maximum absolute atomic E-state index is 12.5. The molecular weight excluding hydrogens is 406 g/mol. The first-order valence-corrected chi connectivity index (χ1v) is 10.1. The van der Waals surface area contributed by atoms with Gasteiger partial charge < -0.3 is 19.3 Å². The zero-order valence-corrected chi connectivity index (χ0v) is 18.1. The van der Waals surface area contributed by atoms with Gasteiger partial charge in [0.15, 0.2) is 11.5 Å². The molecule has 0 heterocycles. The highest BCUT2D eigenvalue weighted by Crippen LogP contribution is 2.34. The molecule has 0 saturated heterocycles. The SMILES string of the molecule is COc1ccc([C@@H](OC(=O)Nc2ccc(C)cc2)[C@H](C)CCOC(=O)CS)cc1O. The van der Waals surface area contributed by atoms with Gasteiger partial charge in [-0.1, -0.05) is 30.7 Å². The van der Waals surface area contributed by atoms with Crippen molar-refractivity contribution in [2.75, 3.05) is 24.8 Å². The number of methoxy groups -OCH3 is 1. The van der Waals surface area contributed by atoms with Gasteiger partial charge in [0, 0.05) is 11.6 Å². The summed E-state index contributed by atoms with van der Waals surface area (Å²) >= 11 is 3.88. The van der Waals surface area contributed by atoms with E-state index in [2.05, 4.69) is 17.9 Å². The first-order valence-electron chi connectivity index (χ1n) is 9.51. The number of benzene rings is 2. The average molecular weight is 434 g/mol. The number of amides is 1. The van der Waals surface area contributed by atoms with Crippen LogP contribution in [0.5, 0.6) is 11.5 Å². The lowest BCUT2D eigenvalue weighted by Crippen LogP contribution is -2.23. The Bertz CT molecular complexity index is 855. The van der Waals surface area contributed by atoms with E-state index in [1.807, 2.05) is 26.0 Å². The van der Waals surface area contributed by atoms with Gasteiger partial charge >= 0.3 is 12.1 Å². The van der Waals surface area contributed by atoms with Crippen LogP contribution in [0.1, 0.15) is 30.6 Å². The maximum Gasteiger partial charge on any atom is 0.412 e. The van der Waals surface area contributed by atoms with E-state index in [0.717, 1.165) is 5.56 Å². The van der Waals surface area contributed by atoms with Crippen LogP contribution >= 0.6 is 12.6 Å². The Morgan fingerprint density at radius 3 is 2.47 bits per heavy atom. The second kappa shape index (κ2) is 11.3. The van der Waals surface area contributed by atoms with Gasteiger partial charge in [-0.05, 0) is 43.2 Å². The zero-order valence-electron chi connectivity index (χ0n) is 17.3. The lowest BCUT2D eigenvalue weighted by Gasteiger charge is -2.25. The molecule has 2 aromatic carbocycles. The number of esters is 1. The van der Waals surface area contributed by atoms with Crippen LogP contribution in [0.2, 0.25) is 0 Å². The first-order chi connectivity index (χ1) is 14.3. The summed E-state index contributed by atoms with van der Waals surface area (Å²) in [7, 11) is 1.45. The summed E-state index contributed by atoms with van der Waals surface area (Å²) in [4.78, 5) is 23.8. The van der Waals surface area contributed by atoms with Gasteiger partial charge in [-0.15, -0.1) is 0 Å². The van der Waals surface area contributed by atoms with Gasteiger partial charge in [0.2, 0.25) is 0 Å². The van der Waals surface area contributed by atoms with Gasteiger partial charge in [-0.3, -0.25) is 10.1 Å². The van der Waals surface area contributed by atoms with Crippen LogP contribution < -0.4 is 10.1 Å². The zero-order chi connectivity index (χ0) is 22.1. The molecular formula is C22H27NO6S. The number of rotatable bonds is 9. The van der Waals surface area contributed by atoms with Crippen molar-refractivity contribution in [3.8, 4) is 11.5 Å². The van der Waals surface area contributed by atoms with E-state index < -0.39 is 18.2 Å². The van der Waals surface area contributed by atoms with Gasteiger partial charge in [0.25, 0.3) is 0 Å². The molecule has 0 aliphatic heterocycles. The van der Waals surface area contributed by atoms with E-state index in [1.54, 1.807) is 24.3 Å². The van der Waals surface area contributed by atoms with Crippen molar-refractivity contribution in [1.29, 1.82) is 0 Å². The Balaban J connectivity index is 2.14. The third kappa shape index (κ3) is 6.88. The molecule has 8 heteroatoms. The van der Waals surface area contributed by atoms with Crippen molar-refractivity contribution >= 4 is 30.4 Å². The number of carbonyl (C=O) groups is 2. The second-order valence-electron chi connectivity index (χ2n) is 6.89. The molecule has 2 aromatic rings. The van der Waals surface area contributed by atoms with E-state index in [-0.39, 0.29) is 24.0 Å². The third-order valence-electron chi connectivity index (χ3n) is 4.55. The van der Waals surface area contributed by atoms with Gasteiger partial charge in [-0.25, -0.2) is 4.79 Å². The van der Waals surface area contributed by atoms with Crippen LogP contribution in [0.3, 0.4) is 0 Å². The van der Waals surface area contributed by atoms with Gasteiger partial charge in [0.05, 0.1) is 19.5 Å². The smallest absolute Gasteiger partial charge is 0.412 e. The monoisotopic (exact) mass is 433 g/mol. The predicted octanol–water partition coefficient (Wildman–Crippen LogP) is 4.50. The average Bonchev–Trinajstić information content (AvgIpc) is 2.73. The highest BCUT2D eigenvalue weighted by Gasteiger charge is 2.25. The number of phenolic OH excluding ortho intramolecular Hbond substituents is 1. The van der Waals surface area contributed by atoms with E-state index in [0.29, 0.717) is 23.4 Å². The molecule has 0 radical (unpaired) electrons. The third-order valence-corrected chi connectivity index (χ3v) is 4.80. The highest BCUT2D eigenvalue weighted by atomic mass is 32.1. The van der Waals surface area contributed by atoms with Crippen molar-refractivity contribution in [3.05, 3.63) is 53.6 Å². The van der Waals surface area contributed by atoms with Crippen molar-refractivity contribution < 1.29 is 28.9 Å². The largest absolute Gasteiger partial charge is 0.504 e. The van der Waals surface area contributed by atoms with Crippen molar-refractivity contribution in [3.63, 3.8) is 0 Å². The standard InChI is InChI=1S/C22H27NO6S/c1-14-4-7-17(8-5-14)23-22(26)29-21(15(2)10-11-28-20(25)13-30)16-6-9-19(27-3)18(24)12-16/h4-9,12,15,21,24,30H,10-11,13H2,1-3H3,(H,23,26)/t15-,21+/m1/s1. The Morgan fingerprint density at radius 1 is 1.17 bits per heavy atom. The summed E-state index contributed by atoms with van der Waals surface area (Å²) in [5, 5.41) is 12.8. The summed E-state index contributed by atoms with van der Waals surface area (Å²) in [5.41, 5.74) is 2.28. The highest BCUT2D eigenvalue weighted by molar-refractivity contribution is 7.81. The fourth-order valence-corrected chi connectivity index (χ4v) is 2.94. The number of hydrogen-bond acceptors (Lipinski definition) is 7.